The van der Waals surface area contributed by atoms with Crippen LogP contribution in [-0.4, -0.2) is 5.11 Å². The SMILES string of the molecule is Oc1ccc2c(c1)CCc1ccccc1N2. The largest absolute Gasteiger partial charge is 0.508 e. The predicted octanol–water partition coefficient (Wildman–Crippen LogP) is 3.23. The molecule has 0 spiro atoms. The van der Waals surface area contributed by atoms with Crippen molar-refractivity contribution in [3.8, 4) is 5.75 Å². The lowest BCUT2D eigenvalue weighted by Gasteiger charge is -2.09. The first-order chi connectivity index (χ1) is 7.83. The van der Waals surface area contributed by atoms with E-state index >= 15 is 0 Å². The minimum Gasteiger partial charge on any atom is -0.508 e. The summed E-state index contributed by atoms with van der Waals surface area (Å²) in [5, 5.41) is 12.9. The molecule has 2 aromatic carbocycles. The lowest BCUT2D eigenvalue weighted by Crippen LogP contribution is -1.92. The van der Waals surface area contributed by atoms with E-state index in [1.54, 1.807) is 6.07 Å². The first kappa shape index (κ1) is 9.28. The summed E-state index contributed by atoms with van der Waals surface area (Å²) in [7, 11) is 0. The molecule has 2 nitrogen and oxygen atoms in total. The number of phenolic OH excluding ortho intramolecular Hbond substituents is 1. The van der Waals surface area contributed by atoms with E-state index in [0.29, 0.717) is 5.75 Å². The Balaban J connectivity index is 2.08. The average molecular weight is 211 g/mol. The maximum atomic E-state index is 9.47. The molecule has 1 heterocycles. The van der Waals surface area contributed by atoms with E-state index in [9.17, 15) is 5.11 Å². The van der Waals surface area contributed by atoms with Crippen LogP contribution < -0.4 is 5.32 Å². The van der Waals surface area contributed by atoms with Crippen molar-refractivity contribution in [3.05, 3.63) is 53.6 Å². The average Bonchev–Trinajstić information content (AvgIpc) is 2.48. The Morgan fingerprint density at radius 1 is 0.875 bits per heavy atom. The Morgan fingerprint density at radius 3 is 2.56 bits per heavy atom. The molecule has 0 atom stereocenters. The molecule has 0 unspecified atom stereocenters. The fraction of sp³-hybridized carbons (Fsp3) is 0.143. The molecule has 0 aromatic heterocycles. The van der Waals surface area contributed by atoms with Crippen LogP contribution in [0, 0.1) is 0 Å². The van der Waals surface area contributed by atoms with Crippen LogP contribution in [0.25, 0.3) is 0 Å². The van der Waals surface area contributed by atoms with Crippen LogP contribution in [0.5, 0.6) is 5.75 Å². The van der Waals surface area contributed by atoms with Gasteiger partial charge in [-0.3, -0.25) is 0 Å². The summed E-state index contributed by atoms with van der Waals surface area (Å²) in [5.74, 6) is 0.339. The van der Waals surface area contributed by atoms with Gasteiger partial charge in [0.05, 0.1) is 0 Å². The molecule has 1 aliphatic heterocycles. The van der Waals surface area contributed by atoms with E-state index in [2.05, 4.69) is 23.5 Å². The highest BCUT2D eigenvalue weighted by molar-refractivity contribution is 5.68. The van der Waals surface area contributed by atoms with Crippen LogP contribution in [-0.2, 0) is 12.8 Å². The first-order valence-electron chi connectivity index (χ1n) is 5.50. The molecular weight excluding hydrogens is 198 g/mol. The van der Waals surface area contributed by atoms with Gasteiger partial charge in [0.15, 0.2) is 0 Å². The number of para-hydroxylation sites is 1. The molecule has 0 saturated carbocycles. The van der Waals surface area contributed by atoms with Crippen LogP contribution in [0.4, 0.5) is 11.4 Å². The molecule has 0 radical (unpaired) electrons. The van der Waals surface area contributed by atoms with E-state index in [4.69, 9.17) is 0 Å². The van der Waals surface area contributed by atoms with E-state index in [0.717, 1.165) is 18.5 Å². The third-order valence-electron chi connectivity index (χ3n) is 3.04. The fourth-order valence-corrected chi connectivity index (χ4v) is 2.18. The molecule has 1 aliphatic rings. The number of rotatable bonds is 0. The number of phenols is 1. The van der Waals surface area contributed by atoms with Crippen molar-refractivity contribution in [3.63, 3.8) is 0 Å². The zero-order valence-corrected chi connectivity index (χ0v) is 8.90. The van der Waals surface area contributed by atoms with E-state index < -0.39 is 0 Å². The number of hydrogen-bond acceptors (Lipinski definition) is 2. The number of benzene rings is 2. The monoisotopic (exact) mass is 211 g/mol. The number of aromatic hydroxyl groups is 1. The van der Waals surface area contributed by atoms with Gasteiger partial charge in [-0.2, -0.15) is 0 Å². The topological polar surface area (TPSA) is 32.3 Å². The molecule has 0 bridgehead atoms. The van der Waals surface area contributed by atoms with Crippen molar-refractivity contribution in [2.24, 2.45) is 0 Å². The zero-order chi connectivity index (χ0) is 11.0. The molecular formula is C14H13NO. The van der Waals surface area contributed by atoms with Gasteiger partial charge in [-0.15, -0.1) is 0 Å². The highest BCUT2D eigenvalue weighted by Gasteiger charge is 2.11. The number of fused-ring (bicyclic) bond motifs is 2. The smallest absolute Gasteiger partial charge is 0.116 e. The maximum absolute atomic E-state index is 9.47. The van der Waals surface area contributed by atoms with Crippen molar-refractivity contribution >= 4 is 11.4 Å². The summed E-state index contributed by atoms with van der Waals surface area (Å²) in [4.78, 5) is 0. The van der Waals surface area contributed by atoms with Crippen molar-refractivity contribution in [2.75, 3.05) is 5.32 Å². The van der Waals surface area contributed by atoms with Gasteiger partial charge in [-0.1, -0.05) is 18.2 Å². The molecule has 0 aliphatic carbocycles. The van der Waals surface area contributed by atoms with Gasteiger partial charge in [0.2, 0.25) is 0 Å². The zero-order valence-electron chi connectivity index (χ0n) is 8.90. The summed E-state index contributed by atoms with van der Waals surface area (Å²) in [6.45, 7) is 0. The van der Waals surface area contributed by atoms with Gasteiger partial charge >= 0.3 is 0 Å². The molecule has 0 amide bonds. The lowest BCUT2D eigenvalue weighted by molar-refractivity contribution is 0.474. The molecule has 16 heavy (non-hydrogen) atoms. The van der Waals surface area contributed by atoms with Crippen LogP contribution in [0.1, 0.15) is 11.1 Å². The summed E-state index contributed by atoms with van der Waals surface area (Å²) in [6.07, 6.45) is 1.98. The minimum atomic E-state index is 0.339. The molecule has 0 saturated heterocycles. The summed E-state index contributed by atoms with van der Waals surface area (Å²) < 4.78 is 0. The summed E-state index contributed by atoms with van der Waals surface area (Å²) in [5.41, 5.74) is 4.78. The van der Waals surface area contributed by atoms with Crippen LogP contribution in [0.2, 0.25) is 0 Å². The van der Waals surface area contributed by atoms with Gasteiger partial charge in [-0.25, -0.2) is 0 Å². The van der Waals surface area contributed by atoms with Gasteiger partial charge in [0.1, 0.15) is 5.75 Å². The predicted molar refractivity (Wildman–Crippen MR) is 65.2 cm³/mol. The van der Waals surface area contributed by atoms with Crippen LogP contribution >= 0.6 is 0 Å². The number of hydrogen-bond donors (Lipinski definition) is 2. The van der Waals surface area contributed by atoms with E-state index in [1.807, 2.05) is 18.2 Å². The number of aryl methyl sites for hydroxylation is 2. The fourth-order valence-electron chi connectivity index (χ4n) is 2.18. The molecule has 2 aromatic rings. The Morgan fingerprint density at radius 2 is 1.62 bits per heavy atom. The maximum Gasteiger partial charge on any atom is 0.116 e. The second-order valence-electron chi connectivity index (χ2n) is 4.12. The molecule has 3 rings (SSSR count). The molecule has 80 valence electrons. The van der Waals surface area contributed by atoms with Crippen molar-refractivity contribution in [1.82, 2.24) is 0 Å². The lowest BCUT2D eigenvalue weighted by atomic mass is 10.0. The van der Waals surface area contributed by atoms with Crippen LogP contribution in [0.3, 0.4) is 0 Å². The van der Waals surface area contributed by atoms with Gasteiger partial charge < -0.3 is 10.4 Å². The number of anilines is 2. The number of nitrogens with one attached hydrogen (secondary N) is 1. The second kappa shape index (κ2) is 3.56. The Hall–Kier alpha value is -1.96. The van der Waals surface area contributed by atoms with E-state index in [-0.39, 0.29) is 0 Å². The van der Waals surface area contributed by atoms with Crippen LogP contribution in [0.15, 0.2) is 42.5 Å². The van der Waals surface area contributed by atoms with Gasteiger partial charge in [-0.05, 0) is 48.2 Å². The second-order valence-corrected chi connectivity index (χ2v) is 4.12. The molecule has 2 heteroatoms. The van der Waals surface area contributed by atoms with Crippen molar-refractivity contribution in [1.29, 1.82) is 0 Å². The summed E-state index contributed by atoms with van der Waals surface area (Å²) >= 11 is 0. The van der Waals surface area contributed by atoms with Gasteiger partial charge in [0.25, 0.3) is 0 Å². The highest BCUT2D eigenvalue weighted by Crippen LogP contribution is 2.31. The quantitative estimate of drug-likeness (QED) is 0.656. The van der Waals surface area contributed by atoms with Crippen molar-refractivity contribution < 1.29 is 5.11 Å². The van der Waals surface area contributed by atoms with Crippen molar-refractivity contribution in [2.45, 2.75) is 12.8 Å². The first-order valence-corrected chi connectivity index (χ1v) is 5.50. The van der Waals surface area contributed by atoms with Gasteiger partial charge in [0, 0.05) is 11.4 Å². The third-order valence-corrected chi connectivity index (χ3v) is 3.04. The Bertz CT molecular complexity index is 534. The Labute approximate surface area is 94.6 Å². The summed E-state index contributed by atoms with van der Waals surface area (Å²) in [6, 6.07) is 13.8. The third kappa shape index (κ3) is 1.52. The normalized spacial score (nSPS) is 13.2. The standard InChI is InChI=1S/C14H13NO/c16-12-7-8-14-11(9-12)6-5-10-3-1-2-4-13(10)15-14/h1-4,7-9,15-16H,5-6H2. The highest BCUT2D eigenvalue weighted by atomic mass is 16.3. The molecule has 2 N–H and O–H groups in total. The Kier molecular flexibility index (Phi) is 2.07. The minimum absolute atomic E-state index is 0.339. The molecule has 0 fully saturated rings. The van der Waals surface area contributed by atoms with E-state index in [1.165, 1.54) is 16.8 Å².